The summed E-state index contributed by atoms with van der Waals surface area (Å²) in [6.45, 7) is 10.1. The van der Waals surface area contributed by atoms with E-state index in [1.54, 1.807) is 41.5 Å². The maximum atomic E-state index is 13.3. The van der Waals surface area contributed by atoms with E-state index in [0.29, 0.717) is 0 Å². The third-order valence-corrected chi connectivity index (χ3v) is 3.87. The normalized spacial score (nSPS) is 15.4. The molecule has 1 aliphatic rings. The highest BCUT2D eigenvalue weighted by Gasteiger charge is 2.41. The monoisotopic (exact) mass is 433 g/mol. The molecule has 2 N–H and O–H groups in total. The van der Waals surface area contributed by atoms with Crippen LogP contribution in [-0.2, 0) is 15.7 Å². The Morgan fingerprint density at radius 1 is 1.10 bits per heavy atom. The zero-order valence-electron chi connectivity index (χ0n) is 17.7. The molecule has 30 heavy (non-hydrogen) atoms. The number of hydrogen-bond donors (Lipinski definition) is 2. The summed E-state index contributed by atoms with van der Waals surface area (Å²) in [5, 5.41) is 12.1. The maximum absolute atomic E-state index is 13.3. The first-order valence-electron chi connectivity index (χ1n) is 9.25. The van der Waals surface area contributed by atoms with Gasteiger partial charge in [-0.15, -0.1) is 0 Å². The van der Waals surface area contributed by atoms with Crippen LogP contribution >= 0.6 is 0 Å². The average Bonchev–Trinajstić information content (AvgIpc) is 2.43. The lowest BCUT2D eigenvalue weighted by atomic mass is 9.95. The molecule has 1 aromatic heterocycles. The highest BCUT2D eigenvalue weighted by atomic mass is 19.4. The van der Waals surface area contributed by atoms with Crippen LogP contribution in [-0.4, -0.2) is 51.5 Å². The molecule has 0 atom stereocenters. The fourth-order valence-corrected chi connectivity index (χ4v) is 2.61. The second-order valence-corrected chi connectivity index (χ2v) is 9.00. The minimum Gasteiger partial charge on any atom is -0.504 e. The number of rotatable bonds is 2. The molecule has 0 aliphatic carbocycles. The molecule has 168 valence electrons. The van der Waals surface area contributed by atoms with Crippen LogP contribution in [0.15, 0.2) is 6.07 Å². The second-order valence-electron chi connectivity index (χ2n) is 9.00. The molecule has 0 saturated carbocycles. The van der Waals surface area contributed by atoms with Crippen LogP contribution in [0.25, 0.3) is 0 Å². The topological polar surface area (TPSA) is 101 Å². The zero-order chi connectivity index (χ0) is 23.1. The quantitative estimate of drug-likeness (QED) is 0.713. The number of halogens is 3. The number of carbonyl (C=O) groups excluding carboxylic acids is 2. The molecule has 1 aliphatic heterocycles. The molecule has 11 heteroatoms. The van der Waals surface area contributed by atoms with Gasteiger partial charge in [0.05, 0.1) is 11.4 Å². The van der Waals surface area contributed by atoms with E-state index in [9.17, 15) is 27.9 Å². The number of pyridine rings is 1. The van der Waals surface area contributed by atoms with Gasteiger partial charge in [0.1, 0.15) is 11.2 Å². The Morgan fingerprint density at radius 3 is 2.10 bits per heavy atom. The van der Waals surface area contributed by atoms with Crippen molar-refractivity contribution in [3.05, 3.63) is 17.5 Å². The van der Waals surface area contributed by atoms with E-state index >= 15 is 0 Å². The third kappa shape index (κ3) is 6.14. The molecule has 1 fully saturated rings. The number of hydrogen-bond acceptors (Lipinski definition) is 6. The summed E-state index contributed by atoms with van der Waals surface area (Å²) in [7, 11) is 0. The summed E-state index contributed by atoms with van der Waals surface area (Å²) in [6.07, 6.45) is -6.55. The number of nitrogens with one attached hydrogen (secondary N) is 1. The van der Waals surface area contributed by atoms with Crippen molar-refractivity contribution in [3.63, 3.8) is 0 Å². The Morgan fingerprint density at radius 2 is 1.63 bits per heavy atom. The SMILES string of the molecule is CC(C)(C)OC(=O)Nc1cc(C2CN(C(=O)OC(C)(C)C)C2)nc(C(F)(F)F)c1O. The zero-order valence-corrected chi connectivity index (χ0v) is 17.7. The number of amides is 2. The van der Waals surface area contributed by atoms with E-state index in [-0.39, 0.29) is 18.8 Å². The van der Waals surface area contributed by atoms with Crippen LogP contribution in [0.2, 0.25) is 0 Å². The number of ether oxygens (including phenoxy) is 2. The molecule has 2 amide bonds. The van der Waals surface area contributed by atoms with E-state index in [1.165, 1.54) is 4.90 Å². The molecule has 2 heterocycles. The predicted octanol–water partition coefficient (Wildman–Crippen LogP) is 4.49. The lowest BCUT2D eigenvalue weighted by Crippen LogP contribution is -2.50. The molecule has 0 bridgehead atoms. The number of aromatic hydroxyl groups is 1. The van der Waals surface area contributed by atoms with Crippen molar-refractivity contribution in [1.29, 1.82) is 0 Å². The van der Waals surface area contributed by atoms with Crippen molar-refractivity contribution in [2.75, 3.05) is 18.4 Å². The van der Waals surface area contributed by atoms with Crippen LogP contribution in [0.5, 0.6) is 5.75 Å². The molecule has 0 spiro atoms. The number of aromatic nitrogens is 1. The average molecular weight is 433 g/mol. The van der Waals surface area contributed by atoms with Crippen molar-refractivity contribution in [3.8, 4) is 5.75 Å². The Labute approximate surface area is 172 Å². The van der Waals surface area contributed by atoms with E-state index in [4.69, 9.17) is 9.47 Å². The summed E-state index contributed by atoms with van der Waals surface area (Å²) in [5.74, 6) is -1.72. The van der Waals surface area contributed by atoms with Gasteiger partial charge < -0.3 is 19.5 Å². The van der Waals surface area contributed by atoms with Crippen LogP contribution in [0.1, 0.15) is 58.8 Å². The molecular weight excluding hydrogens is 407 g/mol. The molecule has 2 rings (SSSR count). The lowest BCUT2D eigenvalue weighted by molar-refractivity contribution is -0.142. The lowest BCUT2D eigenvalue weighted by Gasteiger charge is -2.39. The standard InChI is InChI=1S/C19H26F3N3O5/c1-17(2,3)29-15(27)24-12-7-11(23-14(13(12)26)19(20,21)22)10-8-25(9-10)16(28)30-18(4,5)6/h7,10,26H,8-9H2,1-6H3,(H,23,24,27). The van der Waals surface area contributed by atoms with Crippen LogP contribution in [0, 0.1) is 0 Å². The van der Waals surface area contributed by atoms with E-state index in [2.05, 4.69) is 10.3 Å². The first kappa shape index (κ1) is 23.6. The van der Waals surface area contributed by atoms with Crippen molar-refractivity contribution in [2.24, 2.45) is 0 Å². The largest absolute Gasteiger partial charge is 0.504 e. The van der Waals surface area contributed by atoms with Crippen molar-refractivity contribution < 1.29 is 37.3 Å². The van der Waals surface area contributed by atoms with Crippen molar-refractivity contribution in [2.45, 2.75) is 64.8 Å². The minimum atomic E-state index is -4.95. The van der Waals surface area contributed by atoms with Gasteiger partial charge in [-0.3, -0.25) is 5.32 Å². The minimum absolute atomic E-state index is 0.0222. The molecule has 8 nitrogen and oxygen atoms in total. The fraction of sp³-hybridized carbons (Fsp3) is 0.632. The van der Waals surface area contributed by atoms with Gasteiger partial charge in [-0.25, -0.2) is 14.6 Å². The highest BCUT2D eigenvalue weighted by Crippen LogP contribution is 2.41. The molecule has 0 radical (unpaired) electrons. The second kappa shape index (κ2) is 7.84. The maximum Gasteiger partial charge on any atom is 0.437 e. The van der Waals surface area contributed by atoms with Gasteiger partial charge in [-0.1, -0.05) is 0 Å². The van der Waals surface area contributed by atoms with Gasteiger partial charge in [-0.05, 0) is 47.6 Å². The molecular formula is C19H26F3N3O5. The Kier molecular flexibility index (Phi) is 6.16. The number of carbonyl (C=O) groups is 2. The summed E-state index contributed by atoms with van der Waals surface area (Å²) < 4.78 is 50.3. The summed E-state index contributed by atoms with van der Waals surface area (Å²) in [6, 6.07) is 1.14. The van der Waals surface area contributed by atoms with Gasteiger partial charge in [-0.2, -0.15) is 13.2 Å². The van der Waals surface area contributed by atoms with Crippen LogP contribution in [0.3, 0.4) is 0 Å². The fourth-order valence-electron chi connectivity index (χ4n) is 2.61. The summed E-state index contributed by atoms with van der Waals surface area (Å²) >= 11 is 0. The van der Waals surface area contributed by atoms with Gasteiger partial charge in [0.2, 0.25) is 0 Å². The Hall–Kier alpha value is -2.72. The molecule has 1 aromatic rings. The Bertz CT molecular complexity index is 822. The van der Waals surface area contributed by atoms with Crippen molar-refractivity contribution >= 4 is 17.9 Å². The van der Waals surface area contributed by atoms with E-state index < -0.39 is 52.6 Å². The highest BCUT2D eigenvalue weighted by molar-refractivity contribution is 5.87. The van der Waals surface area contributed by atoms with Crippen LogP contribution < -0.4 is 5.32 Å². The molecule has 0 aromatic carbocycles. The number of alkyl halides is 3. The molecule has 1 saturated heterocycles. The van der Waals surface area contributed by atoms with Gasteiger partial charge in [0.25, 0.3) is 0 Å². The predicted molar refractivity (Wildman–Crippen MR) is 101 cm³/mol. The number of nitrogens with zero attached hydrogens (tertiary/aromatic N) is 2. The first-order chi connectivity index (χ1) is 13.5. The smallest absolute Gasteiger partial charge is 0.437 e. The van der Waals surface area contributed by atoms with Crippen LogP contribution in [0.4, 0.5) is 28.4 Å². The summed E-state index contributed by atoms with van der Waals surface area (Å²) in [4.78, 5) is 28.9. The third-order valence-electron chi connectivity index (χ3n) is 3.87. The number of anilines is 1. The summed E-state index contributed by atoms with van der Waals surface area (Å²) in [5.41, 5.74) is -3.61. The van der Waals surface area contributed by atoms with Gasteiger partial charge in [0, 0.05) is 19.0 Å². The number of likely N-dealkylation sites (tertiary alicyclic amines) is 1. The Balaban J connectivity index is 2.25. The van der Waals surface area contributed by atoms with E-state index in [1.807, 2.05) is 0 Å². The van der Waals surface area contributed by atoms with E-state index in [0.717, 1.165) is 6.07 Å². The van der Waals surface area contributed by atoms with Gasteiger partial charge >= 0.3 is 18.4 Å². The van der Waals surface area contributed by atoms with Crippen molar-refractivity contribution in [1.82, 2.24) is 9.88 Å². The first-order valence-corrected chi connectivity index (χ1v) is 9.25. The van der Waals surface area contributed by atoms with Gasteiger partial charge in [0.15, 0.2) is 11.4 Å². The molecule has 0 unspecified atom stereocenters.